The molecule has 28 heavy (non-hydrogen) atoms. The molecule has 0 atom stereocenters. The van der Waals surface area contributed by atoms with Gasteiger partial charge in [0.1, 0.15) is 11.4 Å². The van der Waals surface area contributed by atoms with Gasteiger partial charge in [0, 0.05) is 17.5 Å². The summed E-state index contributed by atoms with van der Waals surface area (Å²) in [6.45, 7) is 1.48. The smallest absolute Gasteiger partial charge is 0.283 e. The molecular formula is C20H21F3N4O. The van der Waals surface area contributed by atoms with Gasteiger partial charge in [0.15, 0.2) is 0 Å². The maximum absolute atomic E-state index is 12.7. The highest BCUT2D eigenvalue weighted by molar-refractivity contribution is 5.68. The van der Waals surface area contributed by atoms with Crippen molar-refractivity contribution in [2.24, 2.45) is 0 Å². The summed E-state index contributed by atoms with van der Waals surface area (Å²) in [5, 5.41) is 7.22. The lowest BCUT2D eigenvalue weighted by Crippen LogP contribution is -2.04. The van der Waals surface area contributed by atoms with Crippen LogP contribution in [0.15, 0.2) is 42.7 Å². The summed E-state index contributed by atoms with van der Waals surface area (Å²) in [4.78, 5) is 4.58. The van der Waals surface area contributed by atoms with Crippen molar-refractivity contribution in [2.45, 2.75) is 39.2 Å². The van der Waals surface area contributed by atoms with Crippen LogP contribution in [0.5, 0.6) is 5.75 Å². The third-order valence-corrected chi connectivity index (χ3v) is 4.28. The Bertz CT molecular complexity index is 914. The van der Waals surface area contributed by atoms with Crippen LogP contribution in [0.3, 0.4) is 0 Å². The van der Waals surface area contributed by atoms with Gasteiger partial charge >= 0.3 is 0 Å². The highest BCUT2D eigenvalue weighted by Crippen LogP contribution is 2.28. The molecule has 0 aliphatic heterocycles. The second-order valence-electron chi connectivity index (χ2n) is 6.36. The molecule has 148 valence electrons. The molecule has 5 nitrogen and oxygen atoms in total. The summed E-state index contributed by atoms with van der Waals surface area (Å²) in [7, 11) is 0. The summed E-state index contributed by atoms with van der Waals surface area (Å²) >= 11 is 0. The maximum atomic E-state index is 12.7. The normalized spacial score (nSPS) is 11.2. The van der Waals surface area contributed by atoms with E-state index in [0.717, 1.165) is 41.6 Å². The first-order valence-electron chi connectivity index (χ1n) is 9.06. The third kappa shape index (κ3) is 4.88. The SMILES string of the molecule is CCCCc1ncc(Cn2cc(C(F)F)nn2)cc1-c1cccc(OCF)c1. The summed E-state index contributed by atoms with van der Waals surface area (Å²) < 4.78 is 44.3. The summed E-state index contributed by atoms with van der Waals surface area (Å²) in [6, 6.07) is 9.11. The van der Waals surface area contributed by atoms with Crippen LogP contribution in [0.1, 0.15) is 43.1 Å². The van der Waals surface area contributed by atoms with Crippen LogP contribution in [0.4, 0.5) is 13.2 Å². The van der Waals surface area contributed by atoms with E-state index in [1.165, 1.54) is 10.9 Å². The molecule has 1 aromatic carbocycles. The molecule has 0 fully saturated rings. The fraction of sp³-hybridized carbons (Fsp3) is 0.350. The molecule has 8 heteroatoms. The molecule has 2 aromatic heterocycles. The van der Waals surface area contributed by atoms with Gasteiger partial charge in [-0.15, -0.1) is 5.10 Å². The molecule has 0 spiro atoms. The Kier molecular flexibility index (Phi) is 6.62. The molecule has 0 saturated carbocycles. The molecular weight excluding hydrogens is 369 g/mol. The molecule has 3 aromatic rings. The second-order valence-corrected chi connectivity index (χ2v) is 6.36. The molecule has 0 aliphatic rings. The largest absolute Gasteiger partial charge is 0.463 e. The minimum atomic E-state index is -2.66. The maximum Gasteiger partial charge on any atom is 0.283 e. The number of alkyl halides is 3. The number of aromatic nitrogens is 4. The van der Waals surface area contributed by atoms with Gasteiger partial charge in [-0.2, -0.15) is 0 Å². The summed E-state index contributed by atoms with van der Waals surface area (Å²) in [5.41, 5.74) is 3.14. The molecule has 0 N–H and O–H groups in total. The van der Waals surface area contributed by atoms with Crippen LogP contribution in [-0.2, 0) is 13.0 Å². The average molecular weight is 390 g/mol. The van der Waals surface area contributed by atoms with Crippen molar-refractivity contribution in [3.05, 3.63) is 59.7 Å². The first kappa shape index (κ1) is 19.9. The van der Waals surface area contributed by atoms with Crippen molar-refractivity contribution in [3.63, 3.8) is 0 Å². The van der Waals surface area contributed by atoms with Crippen molar-refractivity contribution in [1.82, 2.24) is 20.0 Å². The van der Waals surface area contributed by atoms with Crippen molar-refractivity contribution < 1.29 is 17.9 Å². The van der Waals surface area contributed by atoms with Gasteiger partial charge in [0.05, 0.1) is 12.7 Å². The van der Waals surface area contributed by atoms with E-state index < -0.39 is 13.3 Å². The number of nitrogens with zero attached hydrogens (tertiary/aromatic N) is 4. The molecule has 0 saturated heterocycles. The van der Waals surface area contributed by atoms with E-state index in [4.69, 9.17) is 4.74 Å². The van der Waals surface area contributed by atoms with Gasteiger partial charge in [-0.25, -0.2) is 17.9 Å². The lowest BCUT2D eigenvalue weighted by Gasteiger charge is -2.12. The monoisotopic (exact) mass is 390 g/mol. The van der Waals surface area contributed by atoms with Crippen molar-refractivity contribution >= 4 is 0 Å². The fourth-order valence-corrected chi connectivity index (χ4v) is 2.91. The average Bonchev–Trinajstić information content (AvgIpc) is 3.16. The van der Waals surface area contributed by atoms with Crippen LogP contribution in [0.2, 0.25) is 0 Å². The molecule has 3 rings (SSSR count). The van der Waals surface area contributed by atoms with Crippen LogP contribution in [0, 0.1) is 0 Å². The van der Waals surface area contributed by atoms with E-state index in [1.54, 1.807) is 24.4 Å². The zero-order chi connectivity index (χ0) is 19.9. The number of rotatable bonds is 9. The van der Waals surface area contributed by atoms with Gasteiger partial charge in [-0.1, -0.05) is 30.7 Å². The number of hydrogen-bond donors (Lipinski definition) is 0. The van der Waals surface area contributed by atoms with Crippen LogP contribution < -0.4 is 4.74 Å². The van der Waals surface area contributed by atoms with E-state index in [-0.39, 0.29) is 12.2 Å². The number of unbranched alkanes of at least 4 members (excludes halogenated alkanes) is 1. The van der Waals surface area contributed by atoms with E-state index in [0.29, 0.717) is 5.75 Å². The first-order chi connectivity index (χ1) is 13.6. The van der Waals surface area contributed by atoms with Gasteiger partial charge in [0.2, 0.25) is 6.86 Å². The Morgan fingerprint density at radius 3 is 2.79 bits per heavy atom. The number of hydrogen-bond acceptors (Lipinski definition) is 4. The Hall–Kier alpha value is -2.90. The third-order valence-electron chi connectivity index (χ3n) is 4.28. The van der Waals surface area contributed by atoms with Crippen molar-refractivity contribution in [1.29, 1.82) is 0 Å². The lowest BCUT2D eigenvalue weighted by atomic mass is 9.99. The Balaban J connectivity index is 1.93. The molecule has 0 bridgehead atoms. The van der Waals surface area contributed by atoms with E-state index in [9.17, 15) is 13.2 Å². The fourth-order valence-electron chi connectivity index (χ4n) is 2.91. The molecule has 0 amide bonds. The van der Waals surface area contributed by atoms with Crippen LogP contribution in [-0.4, -0.2) is 26.8 Å². The quantitative estimate of drug-likeness (QED) is 0.517. The second kappa shape index (κ2) is 9.34. The highest BCUT2D eigenvalue weighted by Gasteiger charge is 2.13. The van der Waals surface area contributed by atoms with E-state index in [2.05, 4.69) is 22.2 Å². The summed E-state index contributed by atoms with van der Waals surface area (Å²) in [5.74, 6) is 0.435. The minimum absolute atomic E-state index is 0.272. The molecule has 2 heterocycles. The predicted octanol–water partition coefficient (Wildman–Crippen LogP) is 4.97. The van der Waals surface area contributed by atoms with Gasteiger partial charge in [0.25, 0.3) is 6.43 Å². The van der Waals surface area contributed by atoms with Crippen LogP contribution >= 0.6 is 0 Å². The zero-order valence-corrected chi connectivity index (χ0v) is 15.5. The van der Waals surface area contributed by atoms with Crippen molar-refractivity contribution in [2.75, 3.05) is 6.86 Å². The van der Waals surface area contributed by atoms with Gasteiger partial charge in [-0.3, -0.25) is 4.98 Å². The minimum Gasteiger partial charge on any atom is -0.463 e. The Morgan fingerprint density at radius 1 is 1.21 bits per heavy atom. The number of benzene rings is 1. The first-order valence-corrected chi connectivity index (χ1v) is 9.06. The molecule has 0 aliphatic carbocycles. The zero-order valence-electron chi connectivity index (χ0n) is 15.5. The van der Waals surface area contributed by atoms with Gasteiger partial charge < -0.3 is 4.74 Å². The molecule has 0 unspecified atom stereocenters. The van der Waals surface area contributed by atoms with E-state index in [1.807, 2.05) is 12.1 Å². The van der Waals surface area contributed by atoms with Crippen LogP contribution in [0.25, 0.3) is 11.1 Å². The lowest BCUT2D eigenvalue weighted by molar-refractivity contribution is 0.146. The van der Waals surface area contributed by atoms with Gasteiger partial charge in [-0.05, 0) is 42.2 Å². The number of ether oxygens (including phenoxy) is 1. The number of aryl methyl sites for hydroxylation is 1. The van der Waals surface area contributed by atoms with Crippen molar-refractivity contribution in [3.8, 4) is 16.9 Å². The summed E-state index contributed by atoms with van der Waals surface area (Å²) in [6.07, 6.45) is 3.12. The Morgan fingerprint density at radius 2 is 2.07 bits per heavy atom. The standard InChI is InChI=1S/C20H21F3N4O/c1-2-3-7-18-17(15-5-4-6-16(9-15)28-13-21)8-14(10-24-18)11-27-12-19(20(22)23)25-26-27/h4-6,8-10,12,20H,2-3,7,11,13H2,1H3. The molecule has 0 radical (unpaired) electrons. The number of halogens is 3. The highest BCUT2D eigenvalue weighted by atomic mass is 19.3. The van der Waals surface area contributed by atoms with E-state index >= 15 is 0 Å². The Labute approximate surface area is 161 Å². The predicted molar refractivity (Wildman–Crippen MR) is 99.0 cm³/mol. The number of pyridine rings is 1. The topological polar surface area (TPSA) is 52.8 Å².